The van der Waals surface area contributed by atoms with Gasteiger partial charge < -0.3 is 5.32 Å². The summed E-state index contributed by atoms with van der Waals surface area (Å²) in [6.45, 7) is 0. The molecule has 0 aliphatic heterocycles. The number of rotatable bonds is 3. The first kappa shape index (κ1) is 13.3. The third-order valence-electron chi connectivity index (χ3n) is 3.65. The standard InChI is InChI=1S/C17H13N5O/c23-17(14-6-2-4-12-10-19-22-16(12)14)20-13-5-1-3-11(9-13)15-7-8-18-21-15/h1-10H,(H,18,21)(H,19,22)(H,20,23). The van der Waals surface area contributed by atoms with Gasteiger partial charge in [-0.25, -0.2) is 0 Å². The Morgan fingerprint density at radius 3 is 2.78 bits per heavy atom. The normalized spacial score (nSPS) is 10.8. The van der Waals surface area contributed by atoms with Crippen molar-refractivity contribution in [2.45, 2.75) is 0 Å². The van der Waals surface area contributed by atoms with Crippen LogP contribution in [0.15, 0.2) is 60.9 Å². The van der Waals surface area contributed by atoms with Gasteiger partial charge in [-0.05, 0) is 24.3 Å². The summed E-state index contributed by atoms with van der Waals surface area (Å²) in [6, 6.07) is 15.0. The van der Waals surface area contributed by atoms with Crippen LogP contribution in [0.3, 0.4) is 0 Å². The molecule has 6 heteroatoms. The van der Waals surface area contributed by atoms with Gasteiger partial charge in [-0.3, -0.25) is 15.0 Å². The highest BCUT2D eigenvalue weighted by molar-refractivity contribution is 6.11. The predicted molar refractivity (Wildman–Crippen MR) is 88.1 cm³/mol. The zero-order chi connectivity index (χ0) is 15.6. The van der Waals surface area contributed by atoms with E-state index in [2.05, 4.69) is 25.7 Å². The fourth-order valence-corrected chi connectivity index (χ4v) is 2.54. The summed E-state index contributed by atoms with van der Waals surface area (Å²) in [4.78, 5) is 12.5. The number of nitrogens with zero attached hydrogens (tertiary/aromatic N) is 2. The number of carbonyl (C=O) groups is 1. The molecule has 0 aliphatic carbocycles. The number of aromatic amines is 2. The second-order valence-corrected chi connectivity index (χ2v) is 5.15. The molecule has 6 nitrogen and oxygen atoms in total. The van der Waals surface area contributed by atoms with Crippen LogP contribution in [0.2, 0.25) is 0 Å². The van der Waals surface area contributed by atoms with E-state index in [4.69, 9.17) is 0 Å². The Labute approximate surface area is 131 Å². The van der Waals surface area contributed by atoms with Crippen molar-refractivity contribution < 1.29 is 4.79 Å². The SMILES string of the molecule is O=C(Nc1cccc(-c2ccn[nH]2)c1)c1cccc2cn[nH]c12. The van der Waals surface area contributed by atoms with Crippen LogP contribution < -0.4 is 5.32 Å². The Balaban J connectivity index is 1.64. The first-order valence-corrected chi connectivity index (χ1v) is 7.14. The molecule has 0 atom stereocenters. The number of hydrogen-bond acceptors (Lipinski definition) is 3. The lowest BCUT2D eigenvalue weighted by molar-refractivity contribution is 0.102. The van der Waals surface area contributed by atoms with E-state index in [1.54, 1.807) is 18.5 Å². The van der Waals surface area contributed by atoms with E-state index in [1.165, 1.54) is 0 Å². The fourth-order valence-electron chi connectivity index (χ4n) is 2.54. The Kier molecular flexibility index (Phi) is 3.12. The summed E-state index contributed by atoms with van der Waals surface area (Å²) in [5.74, 6) is -0.179. The molecule has 112 valence electrons. The van der Waals surface area contributed by atoms with Gasteiger partial charge in [0, 0.05) is 22.8 Å². The van der Waals surface area contributed by atoms with E-state index in [0.717, 1.165) is 27.8 Å². The molecule has 2 heterocycles. The minimum atomic E-state index is -0.179. The van der Waals surface area contributed by atoms with Crippen LogP contribution in [0.25, 0.3) is 22.2 Å². The minimum Gasteiger partial charge on any atom is -0.322 e. The van der Waals surface area contributed by atoms with Crippen molar-refractivity contribution >= 4 is 22.5 Å². The number of fused-ring (bicyclic) bond motifs is 1. The van der Waals surface area contributed by atoms with Crippen LogP contribution in [-0.4, -0.2) is 26.3 Å². The molecule has 0 saturated carbocycles. The topological polar surface area (TPSA) is 86.5 Å². The van der Waals surface area contributed by atoms with Gasteiger partial charge in [0.1, 0.15) is 0 Å². The lowest BCUT2D eigenvalue weighted by Crippen LogP contribution is -2.12. The number of para-hydroxylation sites is 1. The second kappa shape index (κ2) is 5.42. The molecule has 0 radical (unpaired) electrons. The van der Waals surface area contributed by atoms with Gasteiger partial charge in [0.25, 0.3) is 5.91 Å². The van der Waals surface area contributed by atoms with Gasteiger partial charge in [-0.15, -0.1) is 0 Å². The number of benzene rings is 2. The number of anilines is 1. The summed E-state index contributed by atoms with van der Waals surface area (Å²) in [7, 11) is 0. The summed E-state index contributed by atoms with van der Waals surface area (Å²) in [5, 5.41) is 17.5. The van der Waals surface area contributed by atoms with Gasteiger partial charge in [0.05, 0.1) is 23.0 Å². The van der Waals surface area contributed by atoms with Crippen LogP contribution >= 0.6 is 0 Å². The summed E-state index contributed by atoms with van der Waals surface area (Å²) >= 11 is 0. The molecule has 4 aromatic rings. The highest BCUT2D eigenvalue weighted by atomic mass is 16.1. The Morgan fingerprint density at radius 1 is 1.00 bits per heavy atom. The quantitative estimate of drug-likeness (QED) is 0.543. The molecular weight excluding hydrogens is 290 g/mol. The number of hydrogen-bond donors (Lipinski definition) is 3. The maximum Gasteiger partial charge on any atom is 0.257 e. The Bertz CT molecular complexity index is 972. The number of H-pyrrole nitrogens is 2. The van der Waals surface area contributed by atoms with E-state index in [1.807, 2.05) is 42.5 Å². The number of amides is 1. The van der Waals surface area contributed by atoms with Crippen molar-refractivity contribution in [1.29, 1.82) is 0 Å². The van der Waals surface area contributed by atoms with Crippen LogP contribution in [0, 0.1) is 0 Å². The van der Waals surface area contributed by atoms with Crippen LogP contribution in [0.5, 0.6) is 0 Å². The smallest absolute Gasteiger partial charge is 0.257 e. The number of nitrogens with one attached hydrogen (secondary N) is 3. The molecular formula is C17H13N5O. The fraction of sp³-hybridized carbons (Fsp3) is 0. The highest BCUT2D eigenvalue weighted by Gasteiger charge is 2.12. The zero-order valence-electron chi connectivity index (χ0n) is 12.1. The van der Waals surface area contributed by atoms with Crippen LogP contribution in [-0.2, 0) is 0 Å². The van der Waals surface area contributed by atoms with Gasteiger partial charge in [0.15, 0.2) is 0 Å². The average Bonchev–Trinajstić information content (AvgIpc) is 3.26. The van der Waals surface area contributed by atoms with Crippen molar-refractivity contribution in [2.24, 2.45) is 0 Å². The molecule has 3 N–H and O–H groups in total. The van der Waals surface area contributed by atoms with Crippen molar-refractivity contribution in [3.05, 3.63) is 66.5 Å². The lowest BCUT2D eigenvalue weighted by atomic mass is 10.1. The highest BCUT2D eigenvalue weighted by Crippen LogP contribution is 2.22. The Hall–Kier alpha value is -3.41. The van der Waals surface area contributed by atoms with E-state index < -0.39 is 0 Å². The molecule has 0 bridgehead atoms. The van der Waals surface area contributed by atoms with E-state index in [-0.39, 0.29) is 5.91 Å². The van der Waals surface area contributed by atoms with Crippen molar-refractivity contribution in [1.82, 2.24) is 20.4 Å². The van der Waals surface area contributed by atoms with Gasteiger partial charge in [-0.2, -0.15) is 10.2 Å². The summed E-state index contributed by atoms with van der Waals surface area (Å²) < 4.78 is 0. The molecule has 4 rings (SSSR count). The van der Waals surface area contributed by atoms with Gasteiger partial charge in [0.2, 0.25) is 0 Å². The second-order valence-electron chi connectivity index (χ2n) is 5.15. The van der Waals surface area contributed by atoms with E-state index in [9.17, 15) is 4.79 Å². The zero-order valence-corrected chi connectivity index (χ0v) is 12.1. The van der Waals surface area contributed by atoms with Crippen molar-refractivity contribution in [3.8, 4) is 11.3 Å². The molecule has 2 aromatic heterocycles. The van der Waals surface area contributed by atoms with Gasteiger partial charge >= 0.3 is 0 Å². The van der Waals surface area contributed by atoms with Crippen molar-refractivity contribution in [2.75, 3.05) is 5.32 Å². The number of aromatic nitrogens is 4. The molecule has 0 unspecified atom stereocenters. The summed E-state index contributed by atoms with van der Waals surface area (Å²) in [5.41, 5.74) is 3.87. The van der Waals surface area contributed by atoms with Crippen LogP contribution in [0.1, 0.15) is 10.4 Å². The molecule has 1 amide bonds. The largest absolute Gasteiger partial charge is 0.322 e. The molecule has 23 heavy (non-hydrogen) atoms. The average molecular weight is 303 g/mol. The first-order valence-electron chi connectivity index (χ1n) is 7.14. The third kappa shape index (κ3) is 2.46. The Morgan fingerprint density at radius 2 is 1.91 bits per heavy atom. The molecule has 2 aromatic carbocycles. The minimum absolute atomic E-state index is 0.179. The summed E-state index contributed by atoms with van der Waals surface area (Å²) in [6.07, 6.45) is 3.39. The third-order valence-corrected chi connectivity index (χ3v) is 3.65. The molecule has 0 aliphatic rings. The van der Waals surface area contributed by atoms with Crippen molar-refractivity contribution in [3.63, 3.8) is 0 Å². The molecule has 0 fully saturated rings. The maximum atomic E-state index is 12.5. The monoisotopic (exact) mass is 303 g/mol. The molecule has 0 spiro atoms. The van der Waals surface area contributed by atoms with Gasteiger partial charge in [-0.1, -0.05) is 24.3 Å². The first-order chi connectivity index (χ1) is 11.3. The lowest BCUT2D eigenvalue weighted by Gasteiger charge is -2.07. The number of carbonyl (C=O) groups excluding carboxylic acids is 1. The van der Waals surface area contributed by atoms with E-state index in [0.29, 0.717) is 5.56 Å². The predicted octanol–water partition coefficient (Wildman–Crippen LogP) is 3.21. The maximum absolute atomic E-state index is 12.5. The van der Waals surface area contributed by atoms with Crippen LogP contribution in [0.4, 0.5) is 5.69 Å². The molecule has 0 saturated heterocycles. The van der Waals surface area contributed by atoms with E-state index >= 15 is 0 Å².